The van der Waals surface area contributed by atoms with Crippen LogP contribution in [0.15, 0.2) is 30.3 Å². The number of nitrogens with one attached hydrogen (secondary N) is 1. The molecule has 3 nitrogen and oxygen atoms in total. The highest BCUT2D eigenvalue weighted by molar-refractivity contribution is 5.79. The van der Waals surface area contributed by atoms with Crippen LogP contribution in [-0.4, -0.2) is 25.2 Å². The summed E-state index contributed by atoms with van der Waals surface area (Å²) in [7, 11) is 0. The van der Waals surface area contributed by atoms with Crippen LogP contribution in [0, 0.1) is 5.92 Å². The first-order valence-corrected chi connectivity index (χ1v) is 7.01. The minimum atomic E-state index is -4.13. The Balaban J connectivity index is 2.29. The lowest BCUT2D eigenvalue weighted by atomic mass is 9.98. The van der Waals surface area contributed by atoms with Crippen molar-refractivity contribution in [2.24, 2.45) is 11.7 Å². The second-order valence-electron chi connectivity index (χ2n) is 4.99. The Morgan fingerprint density at radius 3 is 2.43 bits per heavy atom. The van der Waals surface area contributed by atoms with Gasteiger partial charge >= 0.3 is 6.18 Å². The molecule has 0 radical (unpaired) electrons. The fourth-order valence-electron chi connectivity index (χ4n) is 1.99. The topological polar surface area (TPSA) is 55.1 Å². The lowest BCUT2D eigenvalue weighted by Crippen LogP contribution is -2.36. The molecule has 1 aromatic rings. The van der Waals surface area contributed by atoms with Gasteiger partial charge in [-0.1, -0.05) is 30.3 Å². The summed E-state index contributed by atoms with van der Waals surface area (Å²) in [5, 5.41) is 2.65. The van der Waals surface area contributed by atoms with Gasteiger partial charge in [0.15, 0.2) is 0 Å². The number of halogens is 3. The molecule has 3 N–H and O–H groups in total. The van der Waals surface area contributed by atoms with Crippen LogP contribution in [0.4, 0.5) is 13.2 Å². The monoisotopic (exact) mass is 302 g/mol. The SMILES string of the molecule is NCC(Cc1ccccc1)C(=O)NCCCCC(F)(F)F. The maximum Gasteiger partial charge on any atom is 0.389 e. The first-order chi connectivity index (χ1) is 9.92. The van der Waals surface area contributed by atoms with Gasteiger partial charge in [0, 0.05) is 19.5 Å². The molecule has 1 atom stereocenters. The van der Waals surface area contributed by atoms with Crippen molar-refractivity contribution in [3.8, 4) is 0 Å². The van der Waals surface area contributed by atoms with E-state index in [-0.39, 0.29) is 31.3 Å². The van der Waals surface area contributed by atoms with Gasteiger partial charge in [-0.05, 0) is 24.8 Å². The Hall–Kier alpha value is -1.56. The molecule has 0 aromatic heterocycles. The Morgan fingerprint density at radius 2 is 1.86 bits per heavy atom. The average Bonchev–Trinajstić information content (AvgIpc) is 2.44. The summed E-state index contributed by atoms with van der Waals surface area (Å²) in [6, 6.07) is 9.50. The molecule has 118 valence electrons. The number of amides is 1. The van der Waals surface area contributed by atoms with Gasteiger partial charge in [-0.2, -0.15) is 13.2 Å². The van der Waals surface area contributed by atoms with Gasteiger partial charge < -0.3 is 11.1 Å². The number of carbonyl (C=O) groups excluding carboxylic acids is 1. The van der Waals surface area contributed by atoms with Crippen LogP contribution in [-0.2, 0) is 11.2 Å². The van der Waals surface area contributed by atoms with Crippen LogP contribution in [0.25, 0.3) is 0 Å². The normalized spacial score (nSPS) is 13.0. The number of nitrogens with two attached hydrogens (primary N) is 1. The number of alkyl halides is 3. The van der Waals surface area contributed by atoms with E-state index in [0.717, 1.165) is 5.56 Å². The zero-order valence-electron chi connectivity index (χ0n) is 11.8. The number of hydrogen-bond donors (Lipinski definition) is 2. The molecule has 0 saturated carbocycles. The van der Waals surface area contributed by atoms with Crippen molar-refractivity contribution in [3.05, 3.63) is 35.9 Å². The summed E-state index contributed by atoms with van der Waals surface area (Å²) in [6.45, 7) is 0.462. The van der Waals surface area contributed by atoms with Crippen LogP contribution >= 0.6 is 0 Å². The van der Waals surface area contributed by atoms with Crippen molar-refractivity contribution in [3.63, 3.8) is 0 Å². The highest BCUT2D eigenvalue weighted by Gasteiger charge is 2.25. The fourth-order valence-corrected chi connectivity index (χ4v) is 1.99. The molecule has 1 amide bonds. The van der Waals surface area contributed by atoms with Crippen molar-refractivity contribution in [2.45, 2.75) is 31.9 Å². The van der Waals surface area contributed by atoms with Gasteiger partial charge in [0.1, 0.15) is 0 Å². The standard InChI is InChI=1S/C15H21F3N2O/c16-15(17,18)8-4-5-9-20-14(21)13(11-19)10-12-6-2-1-3-7-12/h1-3,6-7,13H,4-5,8-11,19H2,(H,20,21). The molecule has 1 rings (SSSR count). The summed E-state index contributed by atoms with van der Waals surface area (Å²) in [5.41, 5.74) is 6.61. The van der Waals surface area contributed by atoms with Crippen molar-refractivity contribution in [1.82, 2.24) is 5.32 Å². The van der Waals surface area contributed by atoms with E-state index < -0.39 is 12.6 Å². The van der Waals surface area contributed by atoms with Crippen molar-refractivity contribution < 1.29 is 18.0 Å². The molecule has 0 saturated heterocycles. The summed E-state index contributed by atoms with van der Waals surface area (Å²) < 4.78 is 35.9. The van der Waals surface area contributed by atoms with Gasteiger partial charge in [-0.3, -0.25) is 4.79 Å². The molecular weight excluding hydrogens is 281 g/mol. The Labute approximate surface area is 122 Å². The van der Waals surface area contributed by atoms with Crippen LogP contribution in [0.5, 0.6) is 0 Å². The van der Waals surface area contributed by atoms with E-state index >= 15 is 0 Å². The molecule has 0 aliphatic carbocycles. The maximum absolute atomic E-state index is 12.0. The third-order valence-corrected chi connectivity index (χ3v) is 3.17. The van der Waals surface area contributed by atoms with Crippen LogP contribution in [0.1, 0.15) is 24.8 Å². The summed E-state index contributed by atoms with van der Waals surface area (Å²) in [6.07, 6.45) is -4.07. The second kappa shape index (κ2) is 8.67. The molecule has 0 aliphatic heterocycles. The van der Waals surface area contributed by atoms with E-state index in [2.05, 4.69) is 5.32 Å². The largest absolute Gasteiger partial charge is 0.389 e. The van der Waals surface area contributed by atoms with Crippen LogP contribution in [0.3, 0.4) is 0 Å². The van der Waals surface area contributed by atoms with E-state index in [0.29, 0.717) is 12.8 Å². The first-order valence-electron chi connectivity index (χ1n) is 7.01. The molecule has 0 aliphatic rings. The van der Waals surface area contributed by atoms with Gasteiger partial charge in [0.2, 0.25) is 5.91 Å². The molecule has 0 fully saturated rings. The summed E-state index contributed by atoms with van der Waals surface area (Å²) in [4.78, 5) is 11.9. The minimum Gasteiger partial charge on any atom is -0.356 e. The predicted molar refractivity (Wildman–Crippen MR) is 75.6 cm³/mol. The third kappa shape index (κ3) is 7.70. The average molecular weight is 302 g/mol. The molecule has 6 heteroatoms. The van der Waals surface area contributed by atoms with E-state index in [9.17, 15) is 18.0 Å². The molecule has 21 heavy (non-hydrogen) atoms. The Kier molecular flexibility index (Phi) is 7.22. The smallest absolute Gasteiger partial charge is 0.356 e. The van der Waals surface area contributed by atoms with Gasteiger partial charge in [-0.15, -0.1) is 0 Å². The lowest BCUT2D eigenvalue weighted by molar-refractivity contribution is -0.135. The Bertz CT molecular complexity index is 421. The van der Waals surface area contributed by atoms with Crippen molar-refractivity contribution >= 4 is 5.91 Å². The number of unbranched alkanes of at least 4 members (excludes halogenated alkanes) is 1. The van der Waals surface area contributed by atoms with Crippen LogP contribution < -0.4 is 11.1 Å². The van der Waals surface area contributed by atoms with E-state index in [4.69, 9.17) is 5.73 Å². The number of rotatable bonds is 8. The first kappa shape index (κ1) is 17.5. The second-order valence-corrected chi connectivity index (χ2v) is 4.99. The molecular formula is C15H21F3N2O. The molecule has 1 unspecified atom stereocenters. The van der Waals surface area contributed by atoms with Crippen molar-refractivity contribution in [1.29, 1.82) is 0 Å². The highest BCUT2D eigenvalue weighted by atomic mass is 19.4. The predicted octanol–water partition coefficient (Wildman–Crippen LogP) is 2.65. The zero-order valence-corrected chi connectivity index (χ0v) is 11.8. The fraction of sp³-hybridized carbons (Fsp3) is 0.533. The molecule has 1 aromatic carbocycles. The molecule has 0 bridgehead atoms. The quantitative estimate of drug-likeness (QED) is 0.725. The number of benzene rings is 1. The van der Waals surface area contributed by atoms with Crippen molar-refractivity contribution in [2.75, 3.05) is 13.1 Å². The van der Waals surface area contributed by atoms with Crippen LogP contribution in [0.2, 0.25) is 0 Å². The van der Waals surface area contributed by atoms with E-state index in [1.807, 2.05) is 30.3 Å². The number of hydrogen-bond acceptors (Lipinski definition) is 2. The summed E-state index contributed by atoms with van der Waals surface area (Å²) in [5.74, 6) is -0.552. The lowest BCUT2D eigenvalue weighted by Gasteiger charge is -2.15. The zero-order chi connectivity index (χ0) is 15.7. The molecule has 0 spiro atoms. The maximum atomic E-state index is 12.0. The van der Waals surface area contributed by atoms with Gasteiger partial charge in [-0.25, -0.2) is 0 Å². The van der Waals surface area contributed by atoms with Gasteiger partial charge in [0.25, 0.3) is 0 Å². The summed E-state index contributed by atoms with van der Waals surface area (Å²) >= 11 is 0. The minimum absolute atomic E-state index is 0.0236. The number of carbonyl (C=O) groups is 1. The highest BCUT2D eigenvalue weighted by Crippen LogP contribution is 2.21. The van der Waals surface area contributed by atoms with E-state index in [1.54, 1.807) is 0 Å². The van der Waals surface area contributed by atoms with Gasteiger partial charge in [0.05, 0.1) is 5.92 Å². The Morgan fingerprint density at radius 1 is 1.19 bits per heavy atom. The third-order valence-electron chi connectivity index (χ3n) is 3.17. The molecule has 0 heterocycles. The van der Waals surface area contributed by atoms with E-state index in [1.165, 1.54) is 0 Å².